The van der Waals surface area contributed by atoms with Crippen LogP contribution in [0.2, 0.25) is 0 Å². The number of fused-ring (bicyclic) bond motifs is 2. The van der Waals surface area contributed by atoms with Crippen molar-refractivity contribution >= 4 is 38.6 Å². The maximum atomic E-state index is 11.9. The Hall–Kier alpha value is -5.06. The van der Waals surface area contributed by atoms with Crippen molar-refractivity contribution in [3.8, 4) is 67.5 Å². The maximum absolute atomic E-state index is 11.9. The third-order valence-corrected chi connectivity index (χ3v) is 10.5. The van der Waals surface area contributed by atoms with E-state index in [2.05, 4.69) is 88.4 Å². The normalized spacial score (nSPS) is 10.9. The van der Waals surface area contributed by atoms with Gasteiger partial charge in [0.25, 0.3) is 0 Å². The van der Waals surface area contributed by atoms with Gasteiger partial charge < -0.3 is 19.7 Å². The van der Waals surface area contributed by atoms with Crippen molar-refractivity contribution in [2.75, 3.05) is 13.2 Å². The van der Waals surface area contributed by atoms with Crippen molar-refractivity contribution in [3.05, 3.63) is 168 Å². The monoisotopic (exact) mass is 880 g/mol. The van der Waals surface area contributed by atoms with Crippen LogP contribution < -0.4 is 9.47 Å². The Balaban J connectivity index is 0.00000166. The van der Waals surface area contributed by atoms with Crippen molar-refractivity contribution in [3.63, 3.8) is 0 Å². The van der Waals surface area contributed by atoms with E-state index < -0.39 is 20.8 Å². The van der Waals surface area contributed by atoms with Crippen LogP contribution in [0.25, 0.3) is 66.1 Å². The number of hydrogen-bond donors (Lipinski definition) is 2. The van der Waals surface area contributed by atoms with E-state index in [-0.39, 0.29) is 11.5 Å². The van der Waals surface area contributed by atoms with Crippen LogP contribution in [-0.4, -0.2) is 23.4 Å². The molecule has 8 rings (SSSR count). The summed E-state index contributed by atoms with van der Waals surface area (Å²) in [6.07, 6.45) is 0.628. The van der Waals surface area contributed by atoms with Gasteiger partial charge in [-0.3, -0.25) is 0 Å². The molecule has 0 aliphatic carbocycles. The van der Waals surface area contributed by atoms with Crippen molar-refractivity contribution in [2.24, 2.45) is 0 Å². The summed E-state index contributed by atoms with van der Waals surface area (Å²) >= 11 is -0.826. The fraction of sp³-hybridized carbons (Fsp3) is 0.137. The Bertz CT molecular complexity index is 2560. The van der Waals surface area contributed by atoms with Crippen LogP contribution in [0.5, 0.6) is 23.0 Å². The molecule has 0 spiro atoms. The molecule has 0 bridgehead atoms. The summed E-state index contributed by atoms with van der Waals surface area (Å²) in [6.45, 7) is 9.15. The fourth-order valence-electron chi connectivity index (χ4n) is 7.88. The summed E-state index contributed by atoms with van der Waals surface area (Å²) in [5, 5.41) is 28.2. The number of para-hydroxylation sites is 2. The molecule has 8 aromatic rings. The first-order valence-electron chi connectivity index (χ1n) is 19.3. The van der Waals surface area contributed by atoms with E-state index >= 15 is 0 Å². The summed E-state index contributed by atoms with van der Waals surface area (Å²) in [5.74, 6) is 1.87. The van der Waals surface area contributed by atoms with E-state index in [4.69, 9.17) is 26.5 Å². The number of rotatable bonds is 10. The number of hydrogen-bond acceptors (Lipinski definition) is 4. The summed E-state index contributed by atoms with van der Waals surface area (Å²) in [6, 6.07) is 49.0. The fourth-order valence-corrected chi connectivity index (χ4v) is 7.88. The Morgan fingerprint density at radius 3 is 1.24 bits per heavy atom. The molecule has 0 saturated heterocycles. The van der Waals surface area contributed by atoms with Gasteiger partial charge in [-0.25, -0.2) is 0 Å². The van der Waals surface area contributed by atoms with Crippen LogP contribution >= 0.6 is 17.0 Å². The number of phenols is 2. The third-order valence-electron chi connectivity index (χ3n) is 10.5. The van der Waals surface area contributed by atoms with Gasteiger partial charge in [0.05, 0.1) is 13.2 Å². The molecule has 8 aromatic carbocycles. The number of halogens is 2. The van der Waals surface area contributed by atoms with Gasteiger partial charge in [-0.05, 0) is 119 Å². The van der Waals surface area contributed by atoms with Gasteiger partial charge in [-0.1, -0.05) is 109 Å². The van der Waals surface area contributed by atoms with E-state index in [1.54, 1.807) is 0 Å². The Morgan fingerprint density at radius 1 is 0.448 bits per heavy atom. The van der Waals surface area contributed by atoms with Crippen LogP contribution in [0.3, 0.4) is 0 Å². The summed E-state index contributed by atoms with van der Waals surface area (Å²) < 4.78 is 12.8. The van der Waals surface area contributed by atoms with Gasteiger partial charge in [0, 0.05) is 39.8 Å². The van der Waals surface area contributed by atoms with Crippen LogP contribution in [0.15, 0.2) is 146 Å². The summed E-state index contributed by atoms with van der Waals surface area (Å²) in [5.41, 5.74) is 11.2. The molecule has 290 valence electrons. The molecule has 0 fully saturated rings. The number of phenolic OH excluding ortho intramolecular Hbond substituents is 2. The Kier molecular flexibility index (Phi) is 13.2. The first-order valence-corrected chi connectivity index (χ1v) is 25.6. The van der Waals surface area contributed by atoms with Crippen LogP contribution in [0.4, 0.5) is 0 Å². The van der Waals surface area contributed by atoms with E-state index in [0.717, 1.165) is 88.3 Å². The van der Waals surface area contributed by atoms with E-state index in [1.807, 2.05) is 84.9 Å². The minimum atomic E-state index is -0.826. The molecule has 0 heterocycles. The molecule has 0 saturated carbocycles. The zero-order valence-corrected chi connectivity index (χ0v) is 36.9. The van der Waals surface area contributed by atoms with Gasteiger partial charge in [0.2, 0.25) is 0 Å². The molecular weight excluding hydrogens is 839 g/mol. The van der Waals surface area contributed by atoms with Crippen LogP contribution in [0.1, 0.15) is 28.7 Å². The second-order valence-corrected chi connectivity index (χ2v) is 18.2. The third kappa shape index (κ3) is 8.69. The van der Waals surface area contributed by atoms with Gasteiger partial charge in [-0.2, -0.15) is 0 Å². The first-order chi connectivity index (χ1) is 28.2. The minimum absolute atomic E-state index is 0.235. The number of benzene rings is 8. The number of aryl methyl sites for hydroxylation is 4. The van der Waals surface area contributed by atoms with Crippen molar-refractivity contribution in [1.29, 1.82) is 0 Å². The average molecular weight is 883 g/mol. The molecule has 0 atom stereocenters. The molecule has 4 nitrogen and oxygen atoms in total. The molecule has 0 unspecified atom stereocenters. The van der Waals surface area contributed by atoms with Crippen molar-refractivity contribution < 1.29 is 40.5 Å². The summed E-state index contributed by atoms with van der Waals surface area (Å²) in [4.78, 5) is 0. The van der Waals surface area contributed by atoms with Crippen LogP contribution in [0, 0.1) is 27.7 Å². The number of ether oxygens (including phenoxy) is 2. The molecule has 0 aliphatic rings. The van der Waals surface area contributed by atoms with Gasteiger partial charge in [0.1, 0.15) is 23.0 Å². The molecule has 0 amide bonds. The van der Waals surface area contributed by atoms with Crippen molar-refractivity contribution in [2.45, 2.75) is 34.1 Å². The first kappa shape index (κ1) is 41.1. The Labute approximate surface area is 359 Å². The van der Waals surface area contributed by atoms with Crippen molar-refractivity contribution in [1.82, 2.24) is 0 Å². The van der Waals surface area contributed by atoms with E-state index in [9.17, 15) is 10.2 Å². The van der Waals surface area contributed by atoms with Gasteiger partial charge in [-0.15, -0.1) is 0 Å². The molecule has 58 heavy (non-hydrogen) atoms. The van der Waals surface area contributed by atoms with E-state index in [1.165, 1.54) is 0 Å². The van der Waals surface area contributed by atoms with Gasteiger partial charge >= 0.3 is 37.9 Å². The van der Waals surface area contributed by atoms with E-state index in [0.29, 0.717) is 31.1 Å². The average Bonchev–Trinajstić information content (AvgIpc) is 3.23. The molecular formula is C51H44Cl2O4Zr. The number of aromatic hydroxyl groups is 2. The molecule has 2 N–H and O–H groups in total. The topological polar surface area (TPSA) is 58.9 Å². The molecule has 7 heteroatoms. The quantitative estimate of drug-likeness (QED) is 0.134. The second kappa shape index (κ2) is 18.7. The van der Waals surface area contributed by atoms with Crippen LogP contribution in [-0.2, 0) is 20.8 Å². The second-order valence-electron chi connectivity index (χ2n) is 14.5. The standard InChI is InChI=1S/C51H44O4.2ClH.Zr/c1-32-28-42(50(52)44(30-32)48-34(3)22-24-36-14-5-7-16-38(36)48)40-18-9-11-20-46(40)54-26-13-27-55-47-21-12-10-19-41(47)43-29-33(2)31-45(51(43)53)49-35(4)23-25-37-15-6-8-17-39(37)49;;;/h5-12,14-25,28-31,52-53H,13,26-27H2,1-4H3;2*1H;/q;;;+2/p-2. The zero-order valence-electron chi connectivity index (χ0n) is 32.9. The predicted molar refractivity (Wildman–Crippen MR) is 239 cm³/mol. The zero-order chi connectivity index (χ0) is 40.8. The summed E-state index contributed by atoms with van der Waals surface area (Å²) in [7, 11) is 9.87. The SMILES string of the molecule is Cc1cc(-c2ccccc2OCCCOc2ccccc2-c2cc(C)cc(-c3c(C)ccc4ccccc34)c2O)c(O)c(-c2c(C)ccc3ccccc23)c1.[Cl][Zr][Cl]. The van der Waals surface area contributed by atoms with Gasteiger partial charge in [0.15, 0.2) is 0 Å². The molecule has 0 aliphatic heterocycles. The molecule has 0 radical (unpaired) electrons. The predicted octanol–water partition coefficient (Wildman–Crippen LogP) is 14.5. The Morgan fingerprint density at radius 2 is 0.810 bits per heavy atom. The molecule has 0 aromatic heterocycles.